The number of hydrogen-bond donors (Lipinski definition) is 1. The van der Waals surface area contributed by atoms with Crippen molar-refractivity contribution < 1.29 is 19.0 Å². The molecule has 0 radical (unpaired) electrons. The maximum Gasteiger partial charge on any atom is 0.303 e. The van der Waals surface area contributed by atoms with Crippen LogP contribution in [-0.4, -0.2) is 58.7 Å². The van der Waals surface area contributed by atoms with Gasteiger partial charge in [-0.1, -0.05) is 0 Å². The van der Waals surface area contributed by atoms with Crippen molar-refractivity contribution in [3.05, 3.63) is 36.0 Å². The minimum atomic E-state index is -1.11. The van der Waals surface area contributed by atoms with Gasteiger partial charge in [0.2, 0.25) is 0 Å². The lowest BCUT2D eigenvalue weighted by Crippen LogP contribution is -2.42. The fraction of sp³-hybridized carbons (Fsp3) is 0.615. The van der Waals surface area contributed by atoms with Gasteiger partial charge in [-0.05, 0) is 99.0 Å². The topological polar surface area (TPSA) is 62.7 Å². The van der Waals surface area contributed by atoms with Gasteiger partial charge >= 0.3 is 5.97 Å². The molecular formula is C26H35FN2O3S. The summed E-state index contributed by atoms with van der Waals surface area (Å²) < 4.78 is 20.7. The molecule has 1 aromatic carbocycles. The summed E-state index contributed by atoms with van der Waals surface area (Å²) in [5.74, 6) is 1.48. The van der Waals surface area contributed by atoms with Crippen LogP contribution in [0.25, 0.3) is 10.9 Å². The Labute approximate surface area is 200 Å². The summed E-state index contributed by atoms with van der Waals surface area (Å²) in [6.07, 6.45) is 6.68. The SMILES string of the molecule is COc1ccc2nccc([C@H](F)CC[C@@H]3CCN(CCCSC4CC4)C[C@@H]3CC(=O)O)c2c1. The highest BCUT2D eigenvalue weighted by atomic mass is 32.2. The van der Waals surface area contributed by atoms with Crippen LogP contribution in [0.4, 0.5) is 4.39 Å². The van der Waals surface area contributed by atoms with Crippen LogP contribution in [-0.2, 0) is 4.79 Å². The first kappa shape index (κ1) is 24.3. The number of carboxylic acid groups (broad SMARTS) is 1. The molecule has 0 bridgehead atoms. The molecule has 2 aliphatic rings. The van der Waals surface area contributed by atoms with E-state index in [0.717, 1.165) is 48.6 Å². The summed E-state index contributed by atoms with van der Waals surface area (Å²) in [4.78, 5) is 18.3. The van der Waals surface area contributed by atoms with E-state index in [4.69, 9.17) is 4.74 Å². The predicted molar refractivity (Wildman–Crippen MR) is 132 cm³/mol. The number of piperidine rings is 1. The Morgan fingerprint density at radius 1 is 1.30 bits per heavy atom. The Morgan fingerprint density at radius 3 is 2.91 bits per heavy atom. The normalized spacial score (nSPS) is 22.4. The molecule has 2 fully saturated rings. The van der Waals surface area contributed by atoms with Gasteiger partial charge in [0.25, 0.3) is 0 Å². The first-order chi connectivity index (χ1) is 16.0. The number of methoxy groups -OCH3 is 1. The molecule has 5 nitrogen and oxygen atoms in total. The quantitative estimate of drug-likeness (QED) is 0.396. The Morgan fingerprint density at radius 2 is 2.15 bits per heavy atom. The second-order valence-corrected chi connectivity index (χ2v) is 10.9. The first-order valence-electron chi connectivity index (χ1n) is 12.2. The van der Waals surface area contributed by atoms with Crippen LogP contribution in [0.15, 0.2) is 30.5 Å². The molecule has 0 spiro atoms. The second kappa shape index (κ2) is 11.5. The van der Waals surface area contributed by atoms with E-state index in [-0.39, 0.29) is 18.3 Å². The molecule has 33 heavy (non-hydrogen) atoms. The number of rotatable bonds is 12. The zero-order valence-corrected chi connectivity index (χ0v) is 20.2. The molecule has 1 saturated heterocycles. The monoisotopic (exact) mass is 474 g/mol. The molecule has 0 amide bonds. The zero-order valence-electron chi connectivity index (χ0n) is 19.4. The lowest BCUT2D eigenvalue weighted by atomic mass is 9.79. The number of hydrogen-bond acceptors (Lipinski definition) is 5. The maximum absolute atomic E-state index is 15.4. The summed E-state index contributed by atoms with van der Waals surface area (Å²) in [7, 11) is 1.60. The Bertz CT molecular complexity index is 939. The molecule has 7 heteroatoms. The first-order valence-corrected chi connectivity index (χ1v) is 13.2. The number of halogens is 1. The molecule has 0 unspecified atom stereocenters. The number of aromatic nitrogens is 1. The van der Waals surface area contributed by atoms with E-state index in [0.29, 0.717) is 24.2 Å². The highest BCUT2D eigenvalue weighted by molar-refractivity contribution is 8.00. The van der Waals surface area contributed by atoms with E-state index >= 15 is 4.39 Å². The van der Waals surface area contributed by atoms with Crippen LogP contribution in [0, 0.1) is 11.8 Å². The summed E-state index contributed by atoms with van der Waals surface area (Å²) in [5.41, 5.74) is 1.40. The van der Waals surface area contributed by atoms with Crippen molar-refractivity contribution in [2.45, 2.75) is 56.4 Å². The van der Waals surface area contributed by atoms with Crippen molar-refractivity contribution in [3.8, 4) is 5.75 Å². The minimum Gasteiger partial charge on any atom is -0.497 e. The van der Waals surface area contributed by atoms with Crippen molar-refractivity contribution in [2.24, 2.45) is 11.8 Å². The van der Waals surface area contributed by atoms with Gasteiger partial charge in [0, 0.05) is 29.8 Å². The number of carbonyl (C=O) groups is 1. The molecule has 180 valence electrons. The number of thioether (sulfide) groups is 1. The van der Waals surface area contributed by atoms with Crippen molar-refractivity contribution in [1.82, 2.24) is 9.88 Å². The summed E-state index contributed by atoms with van der Waals surface area (Å²) in [5, 5.41) is 11.1. The van der Waals surface area contributed by atoms with E-state index in [1.54, 1.807) is 19.4 Å². The van der Waals surface area contributed by atoms with Crippen molar-refractivity contribution in [3.63, 3.8) is 0 Å². The lowest BCUT2D eigenvalue weighted by molar-refractivity contribution is -0.139. The van der Waals surface area contributed by atoms with Gasteiger partial charge in [0.05, 0.1) is 12.6 Å². The highest BCUT2D eigenvalue weighted by Gasteiger charge is 2.31. The Hall–Kier alpha value is -1.86. The largest absolute Gasteiger partial charge is 0.497 e. The van der Waals surface area contributed by atoms with Crippen LogP contribution in [0.2, 0.25) is 0 Å². The third kappa shape index (κ3) is 6.82. The molecule has 1 saturated carbocycles. The third-order valence-corrected chi connectivity index (χ3v) is 8.49. The van der Waals surface area contributed by atoms with Crippen molar-refractivity contribution >= 4 is 28.6 Å². The minimum absolute atomic E-state index is 0.0915. The maximum atomic E-state index is 15.4. The summed E-state index contributed by atoms with van der Waals surface area (Å²) in [6.45, 7) is 2.84. The summed E-state index contributed by atoms with van der Waals surface area (Å²) in [6, 6.07) is 7.29. The van der Waals surface area contributed by atoms with Gasteiger partial charge in [-0.2, -0.15) is 11.8 Å². The molecule has 2 heterocycles. The van der Waals surface area contributed by atoms with Crippen molar-refractivity contribution in [1.29, 1.82) is 0 Å². The van der Waals surface area contributed by atoms with E-state index in [9.17, 15) is 9.90 Å². The van der Waals surface area contributed by atoms with Crippen LogP contribution in [0.1, 0.15) is 56.7 Å². The van der Waals surface area contributed by atoms with Gasteiger partial charge in [0.15, 0.2) is 0 Å². The van der Waals surface area contributed by atoms with Gasteiger partial charge < -0.3 is 14.7 Å². The van der Waals surface area contributed by atoms with Crippen LogP contribution in [0.5, 0.6) is 5.75 Å². The molecule has 2 aromatic rings. The number of alkyl halides is 1. The van der Waals surface area contributed by atoms with Gasteiger partial charge in [0.1, 0.15) is 11.9 Å². The molecule has 3 atom stereocenters. The smallest absolute Gasteiger partial charge is 0.303 e. The van der Waals surface area contributed by atoms with Crippen LogP contribution < -0.4 is 4.74 Å². The fourth-order valence-corrected chi connectivity index (χ4v) is 6.13. The van der Waals surface area contributed by atoms with E-state index in [1.165, 1.54) is 18.6 Å². The number of nitrogens with zero attached hydrogens (tertiary/aromatic N) is 2. The van der Waals surface area contributed by atoms with Crippen LogP contribution in [0.3, 0.4) is 0 Å². The molecule has 1 aliphatic carbocycles. The van der Waals surface area contributed by atoms with E-state index < -0.39 is 12.1 Å². The Kier molecular flexibility index (Phi) is 8.47. The molecule has 1 aliphatic heterocycles. The Balaban J connectivity index is 1.34. The number of aliphatic carboxylic acids is 1. The van der Waals surface area contributed by atoms with Gasteiger partial charge in [-0.15, -0.1) is 0 Å². The number of carboxylic acids is 1. The number of ether oxygens (including phenoxy) is 1. The van der Waals surface area contributed by atoms with Gasteiger partial charge in [-0.3, -0.25) is 9.78 Å². The fourth-order valence-electron chi connectivity index (χ4n) is 5.03. The molecule has 1 N–H and O–H groups in total. The average molecular weight is 475 g/mol. The zero-order chi connectivity index (χ0) is 23.2. The number of likely N-dealkylation sites (tertiary alicyclic amines) is 1. The second-order valence-electron chi connectivity index (χ2n) is 9.46. The number of pyridine rings is 1. The predicted octanol–water partition coefficient (Wildman–Crippen LogP) is 5.73. The molecule has 1 aromatic heterocycles. The third-order valence-electron chi connectivity index (χ3n) is 7.02. The number of benzene rings is 1. The van der Waals surface area contributed by atoms with Crippen molar-refractivity contribution in [2.75, 3.05) is 32.5 Å². The lowest BCUT2D eigenvalue weighted by Gasteiger charge is -2.38. The van der Waals surface area contributed by atoms with Crippen LogP contribution >= 0.6 is 11.8 Å². The molecular weight excluding hydrogens is 439 g/mol. The van der Waals surface area contributed by atoms with Gasteiger partial charge in [-0.25, -0.2) is 4.39 Å². The van der Waals surface area contributed by atoms with E-state index in [1.807, 2.05) is 18.2 Å². The highest BCUT2D eigenvalue weighted by Crippen LogP contribution is 2.37. The van der Waals surface area contributed by atoms with E-state index in [2.05, 4.69) is 21.6 Å². The molecule has 4 rings (SSSR count). The summed E-state index contributed by atoms with van der Waals surface area (Å²) >= 11 is 2.08. The standard InChI is InChI=1S/C26H35FN2O3S/c1-32-20-4-8-25-23(16-20)22(9-11-28-25)24(27)7-3-18-10-13-29(17-19(18)15-26(30)31)12-2-14-33-21-5-6-21/h4,8-9,11,16,18-19,21,24H,2-3,5-7,10,12-15,17H2,1H3,(H,30,31)/t18-,19+,24-/m1/s1. The number of fused-ring (bicyclic) bond motifs is 1. The average Bonchev–Trinajstić information content (AvgIpc) is 3.64.